The van der Waals surface area contributed by atoms with Crippen LogP contribution in [0.25, 0.3) is 0 Å². The molecule has 0 radical (unpaired) electrons. The number of hydrogen-bond donors (Lipinski definition) is 1. The molecule has 2 heteroatoms. The van der Waals surface area contributed by atoms with Crippen LogP contribution in [0.15, 0.2) is 48.5 Å². The lowest BCUT2D eigenvalue weighted by molar-refractivity contribution is 0.223. The van der Waals surface area contributed by atoms with Crippen molar-refractivity contribution >= 4 is 5.69 Å². The first kappa shape index (κ1) is 14.4. The molecule has 0 aromatic heterocycles. The van der Waals surface area contributed by atoms with E-state index in [4.69, 9.17) is 10.5 Å². The molecule has 0 saturated carbocycles. The largest absolute Gasteiger partial charge is 0.486 e. The molecule has 2 atom stereocenters. The maximum Gasteiger partial charge on any atom is 0.123 e. The lowest BCUT2D eigenvalue weighted by Gasteiger charge is -2.20. The Kier molecular flexibility index (Phi) is 4.67. The minimum atomic E-state index is 0.0146. The topological polar surface area (TPSA) is 35.2 Å². The van der Waals surface area contributed by atoms with Gasteiger partial charge in [-0.2, -0.15) is 0 Å². The quantitative estimate of drug-likeness (QED) is 0.782. The van der Waals surface area contributed by atoms with Crippen LogP contribution >= 0.6 is 0 Å². The van der Waals surface area contributed by atoms with Gasteiger partial charge in [-0.3, -0.25) is 0 Å². The van der Waals surface area contributed by atoms with Crippen molar-refractivity contribution in [1.29, 1.82) is 0 Å². The highest BCUT2D eigenvalue weighted by Crippen LogP contribution is 2.31. The fourth-order valence-electron chi connectivity index (χ4n) is 2.24. The van der Waals surface area contributed by atoms with E-state index in [1.807, 2.05) is 30.3 Å². The first-order valence-electron chi connectivity index (χ1n) is 7.22. The van der Waals surface area contributed by atoms with Crippen molar-refractivity contribution in [2.24, 2.45) is 0 Å². The fraction of sp³-hybridized carbons (Fsp3) is 0.333. The molecule has 0 bridgehead atoms. The Morgan fingerprint density at radius 3 is 2.30 bits per heavy atom. The summed E-state index contributed by atoms with van der Waals surface area (Å²) < 4.78 is 6.15. The molecule has 0 fully saturated rings. The molecule has 0 amide bonds. The van der Waals surface area contributed by atoms with Gasteiger partial charge >= 0.3 is 0 Å². The Bertz CT molecular complexity index is 548. The predicted molar refractivity (Wildman–Crippen MR) is 85.0 cm³/mol. The Morgan fingerprint density at radius 1 is 1.00 bits per heavy atom. The monoisotopic (exact) mass is 269 g/mol. The van der Waals surface area contributed by atoms with Crippen LogP contribution in [0.3, 0.4) is 0 Å². The zero-order chi connectivity index (χ0) is 14.5. The van der Waals surface area contributed by atoms with E-state index in [1.54, 1.807) is 0 Å². The minimum Gasteiger partial charge on any atom is -0.486 e. The van der Waals surface area contributed by atoms with E-state index in [9.17, 15) is 0 Å². The summed E-state index contributed by atoms with van der Waals surface area (Å²) in [6, 6.07) is 16.2. The molecule has 0 spiro atoms. The van der Waals surface area contributed by atoms with E-state index in [-0.39, 0.29) is 6.10 Å². The van der Waals surface area contributed by atoms with Gasteiger partial charge in [-0.25, -0.2) is 0 Å². The first-order chi connectivity index (χ1) is 9.61. The molecule has 2 unspecified atom stereocenters. The average molecular weight is 269 g/mol. The van der Waals surface area contributed by atoms with Gasteiger partial charge in [0.2, 0.25) is 0 Å². The van der Waals surface area contributed by atoms with E-state index in [0.717, 1.165) is 23.4 Å². The number of hydrogen-bond acceptors (Lipinski definition) is 2. The summed E-state index contributed by atoms with van der Waals surface area (Å²) in [5.41, 5.74) is 8.91. The zero-order valence-corrected chi connectivity index (χ0v) is 12.5. The molecule has 106 valence electrons. The van der Waals surface area contributed by atoms with E-state index >= 15 is 0 Å². The van der Waals surface area contributed by atoms with Crippen LogP contribution in [-0.4, -0.2) is 0 Å². The Hall–Kier alpha value is -1.96. The van der Waals surface area contributed by atoms with Crippen molar-refractivity contribution in [3.63, 3.8) is 0 Å². The van der Waals surface area contributed by atoms with Gasteiger partial charge in [0.15, 0.2) is 0 Å². The Balaban J connectivity index is 2.19. The minimum absolute atomic E-state index is 0.0146. The maximum absolute atomic E-state index is 6.15. The summed E-state index contributed by atoms with van der Waals surface area (Å²) in [4.78, 5) is 0. The second kappa shape index (κ2) is 6.47. The molecule has 2 aromatic rings. The predicted octanol–water partition coefficient (Wildman–Crippen LogP) is 4.92. The van der Waals surface area contributed by atoms with Gasteiger partial charge in [0.05, 0.1) is 0 Å². The summed E-state index contributed by atoms with van der Waals surface area (Å²) in [7, 11) is 0. The van der Waals surface area contributed by atoms with Crippen molar-refractivity contribution in [3.05, 3.63) is 59.7 Å². The van der Waals surface area contributed by atoms with Gasteiger partial charge in [0.1, 0.15) is 11.9 Å². The van der Waals surface area contributed by atoms with Crippen LogP contribution in [0, 0.1) is 0 Å². The van der Waals surface area contributed by atoms with Crippen molar-refractivity contribution in [3.8, 4) is 5.75 Å². The van der Waals surface area contributed by atoms with Crippen LogP contribution in [0.5, 0.6) is 5.75 Å². The highest BCUT2D eigenvalue weighted by atomic mass is 16.5. The van der Waals surface area contributed by atoms with E-state index < -0.39 is 0 Å². The standard InChI is InChI=1S/C18H23NO/c1-4-13(2)17-7-5-6-8-18(17)20-14(3)15-9-11-16(19)12-10-15/h5-14H,4,19H2,1-3H3. The second-order valence-electron chi connectivity index (χ2n) is 5.27. The van der Waals surface area contributed by atoms with Crippen LogP contribution in [0.4, 0.5) is 5.69 Å². The molecule has 2 N–H and O–H groups in total. The molecule has 2 aromatic carbocycles. The van der Waals surface area contributed by atoms with Crippen LogP contribution in [0.1, 0.15) is 50.3 Å². The Morgan fingerprint density at radius 2 is 1.65 bits per heavy atom. The molecule has 2 nitrogen and oxygen atoms in total. The number of rotatable bonds is 5. The van der Waals surface area contributed by atoms with Crippen LogP contribution < -0.4 is 10.5 Å². The van der Waals surface area contributed by atoms with E-state index in [2.05, 4.69) is 39.0 Å². The van der Waals surface area contributed by atoms with Crippen molar-refractivity contribution in [1.82, 2.24) is 0 Å². The fourth-order valence-corrected chi connectivity index (χ4v) is 2.24. The molecule has 20 heavy (non-hydrogen) atoms. The third-order valence-electron chi connectivity index (χ3n) is 3.77. The van der Waals surface area contributed by atoms with Crippen molar-refractivity contribution in [2.75, 3.05) is 5.73 Å². The molecule has 0 aliphatic rings. The summed E-state index contributed by atoms with van der Waals surface area (Å²) in [5.74, 6) is 1.48. The average Bonchev–Trinajstić information content (AvgIpc) is 2.47. The number of anilines is 1. The number of nitrogens with two attached hydrogens (primary N) is 1. The number of para-hydroxylation sites is 1. The molecule has 0 saturated heterocycles. The summed E-state index contributed by atoms with van der Waals surface area (Å²) in [5, 5.41) is 0. The normalized spacial score (nSPS) is 13.8. The van der Waals surface area contributed by atoms with Gasteiger partial charge in [-0.1, -0.05) is 44.2 Å². The van der Waals surface area contributed by atoms with Gasteiger partial charge < -0.3 is 10.5 Å². The lowest BCUT2D eigenvalue weighted by Crippen LogP contribution is -2.06. The lowest BCUT2D eigenvalue weighted by atomic mass is 9.97. The maximum atomic E-state index is 6.15. The molecule has 0 aliphatic heterocycles. The summed E-state index contributed by atoms with van der Waals surface area (Å²) in [6.45, 7) is 6.50. The second-order valence-corrected chi connectivity index (χ2v) is 5.27. The number of nitrogen functional groups attached to an aromatic ring is 1. The van der Waals surface area contributed by atoms with Gasteiger partial charge in [0.25, 0.3) is 0 Å². The van der Waals surface area contributed by atoms with E-state index in [0.29, 0.717) is 5.92 Å². The number of ether oxygens (including phenoxy) is 1. The van der Waals surface area contributed by atoms with Crippen molar-refractivity contribution < 1.29 is 4.74 Å². The third kappa shape index (κ3) is 3.32. The highest BCUT2D eigenvalue weighted by molar-refractivity contribution is 5.41. The smallest absolute Gasteiger partial charge is 0.123 e. The summed E-state index contributed by atoms with van der Waals surface area (Å²) >= 11 is 0. The van der Waals surface area contributed by atoms with Crippen molar-refractivity contribution in [2.45, 2.75) is 39.2 Å². The first-order valence-corrected chi connectivity index (χ1v) is 7.22. The molecule has 2 rings (SSSR count). The van der Waals surface area contributed by atoms with Gasteiger partial charge in [-0.15, -0.1) is 0 Å². The van der Waals surface area contributed by atoms with Gasteiger partial charge in [-0.05, 0) is 48.6 Å². The van der Waals surface area contributed by atoms with E-state index in [1.165, 1.54) is 5.56 Å². The van der Waals surface area contributed by atoms with Gasteiger partial charge in [0, 0.05) is 5.69 Å². The zero-order valence-electron chi connectivity index (χ0n) is 12.5. The molecular formula is C18H23NO. The summed E-state index contributed by atoms with van der Waals surface area (Å²) in [6.07, 6.45) is 1.12. The Labute approximate surface area is 121 Å². The van der Waals surface area contributed by atoms with Crippen LogP contribution in [-0.2, 0) is 0 Å². The van der Waals surface area contributed by atoms with Crippen LogP contribution in [0.2, 0.25) is 0 Å². The molecule has 0 aliphatic carbocycles. The number of benzene rings is 2. The highest BCUT2D eigenvalue weighted by Gasteiger charge is 2.13. The third-order valence-corrected chi connectivity index (χ3v) is 3.77. The molecular weight excluding hydrogens is 246 g/mol. The molecule has 0 heterocycles. The SMILES string of the molecule is CCC(C)c1ccccc1OC(C)c1ccc(N)cc1.